The average molecular weight is 283 g/mol. The molecule has 0 saturated carbocycles. The normalized spacial score (nSPS) is 10.2. The quantitative estimate of drug-likeness (QED) is 0.907. The van der Waals surface area contributed by atoms with Crippen molar-refractivity contribution in [2.45, 2.75) is 26.7 Å². The minimum absolute atomic E-state index is 0.0245. The van der Waals surface area contributed by atoms with Crippen molar-refractivity contribution in [1.29, 1.82) is 0 Å². The van der Waals surface area contributed by atoms with Gasteiger partial charge in [-0.15, -0.1) is 0 Å². The monoisotopic (exact) mass is 283 g/mol. The fraction of sp³-hybridized carbons (Fsp3) is 0.278. The maximum absolute atomic E-state index is 12.3. The van der Waals surface area contributed by atoms with Gasteiger partial charge in [-0.05, 0) is 30.5 Å². The average Bonchev–Trinajstić information content (AvgIpc) is 2.49. The van der Waals surface area contributed by atoms with Crippen LogP contribution in [0.4, 0.5) is 5.69 Å². The molecule has 2 rings (SSSR count). The van der Waals surface area contributed by atoms with Gasteiger partial charge in [-0.2, -0.15) is 0 Å². The summed E-state index contributed by atoms with van der Waals surface area (Å²) in [7, 11) is 1.62. The van der Waals surface area contributed by atoms with E-state index in [1.54, 1.807) is 7.11 Å². The lowest BCUT2D eigenvalue weighted by atomic mass is 10.0. The van der Waals surface area contributed by atoms with Crippen LogP contribution in [0.15, 0.2) is 42.5 Å². The summed E-state index contributed by atoms with van der Waals surface area (Å²) < 4.78 is 5.29. The van der Waals surface area contributed by atoms with Crippen LogP contribution in [-0.4, -0.2) is 13.0 Å². The molecule has 0 spiro atoms. The number of methoxy groups -OCH3 is 1. The van der Waals surface area contributed by atoms with Crippen molar-refractivity contribution < 1.29 is 9.53 Å². The maximum atomic E-state index is 12.3. The number of carbonyl (C=O) groups is 1. The highest BCUT2D eigenvalue weighted by molar-refractivity contribution is 5.94. The van der Waals surface area contributed by atoms with E-state index in [1.165, 1.54) is 0 Å². The molecule has 2 aromatic carbocycles. The third-order valence-corrected chi connectivity index (χ3v) is 3.55. The van der Waals surface area contributed by atoms with E-state index in [-0.39, 0.29) is 5.91 Å². The molecule has 0 atom stereocenters. The number of aryl methyl sites for hydroxylation is 2. The molecule has 0 saturated heterocycles. The molecular formula is C18H21NO2. The lowest BCUT2D eigenvalue weighted by Gasteiger charge is -2.14. The van der Waals surface area contributed by atoms with Crippen molar-refractivity contribution in [3.8, 4) is 5.75 Å². The van der Waals surface area contributed by atoms with Crippen LogP contribution >= 0.6 is 0 Å². The summed E-state index contributed by atoms with van der Waals surface area (Å²) in [6.45, 7) is 4.10. The first-order valence-electron chi connectivity index (χ1n) is 7.16. The predicted octanol–water partition coefficient (Wildman–Crippen LogP) is 3.75. The number of carbonyl (C=O) groups excluding carboxylic acids is 1. The fourth-order valence-electron chi connectivity index (χ4n) is 2.41. The number of benzene rings is 2. The molecule has 1 N–H and O–H groups in total. The molecule has 0 aliphatic carbocycles. The van der Waals surface area contributed by atoms with E-state index in [0.29, 0.717) is 6.42 Å². The summed E-state index contributed by atoms with van der Waals surface area (Å²) in [6, 6.07) is 13.7. The summed E-state index contributed by atoms with van der Waals surface area (Å²) in [5, 5.41) is 3.04. The first-order chi connectivity index (χ1) is 10.2. The summed E-state index contributed by atoms with van der Waals surface area (Å²) in [4.78, 5) is 12.3. The van der Waals surface area contributed by atoms with Gasteiger partial charge in [-0.25, -0.2) is 0 Å². The van der Waals surface area contributed by atoms with E-state index in [4.69, 9.17) is 4.74 Å². The van der Waals surface area contributed by atoms with E-state index >= 15 is 0 Å². The Kier molecular flexibility index (Phi) is 4.99. The molecule has 0 aliphatic rings. The van der Waals surface area contributed by atoms with E-state index in [0.717, 1.165) is 34.5 Å². The van der Waals surface area contributed by atoms with Crippen LogP contribution < -0.4 is 10.1 Å². The highest BCUT2D eigenvalue weighted by Crippen LogP contribution is 2.22. The number of rotatable bonds is 5. The number of hydrogen-bond acceptors (Lipinski definition) is 2. The van der Waals surface area contributed by atoms with Crippen LogP contribution in [0.25, 0.3) is 0 Å². The van der Waals surface area contributed by atoms with Crippen LogP contribution in [0.5, 0.6) is 5.75 Å². The number of ether oxygens (including phenoxy) is 1. The Morgan fingerprint density at radius 2 is 1.81 bits per heavy atom. The molecule has 0 radical (unpaired) electrons. The van der Waals surface area contributed by atoms with Crippen molar-refractivity contribution in [2.75, 3.05) is 12.4 Å². The molecule has 0 aliphatic heterocycles. The van der Waals surface area contributed by atoms with E-state index in [1.807, 2.05) is 49.4 Å². The molecule has 0 fully saturated rings. The number of hydrogen-bond donors (Lipinski definition) is 1. The first kappa shape index (κ1) is 15.1. The highest BCUT2D eigenvalue weighted by atomic mass is 16.5. The third kappa shape index (κ3) is 3.63. The smallest absolute Gasteiger partial charge is 0.228 e. The van der Waals surface area contributed by atoms with Crippen molar-refractivity contribution in [3.05, 3.63) is 59.2 Å². The molecule has 1 amide bonds. The first-order valence-corrected chi connectivity index (χ1v) is 7.16. The Bertz CT molecular complexity index is 635. The molecule has 3 heteroatoms. The van der Waals surface area contributed by atoms with E-state index in [9.17, 15) is 4.79 Å². The molecule has 0 aromatic heterocycles. The molecule has 0 bridgehead atoms. The van der Waals surface area contributed by atoms with Gasteiger partial charge in [-0.3, -0.25) is 4.79 Å². The zero-order chi connectivity index (χ0) is 15.2. The summed E-state index contributed by atoms with van der Waals surface area (Å²) in [5.74, 6) is 0.719. The van der Waals surface area contributed by atoms with Gasteiger partial charge in [-0.1, -0.05) is 43.3 Å². The van der Waals surface area contributed by atoms with Gasteiger partial charge < -0.3 is 10.1 Å². The Labute approximate surface area is 126 Å². The Hall–Kier alpha value is -2.29. The van der Waals surface area contributed by atoms with Gasteiger partial charge in [0, 0.05) is 11.3 Å². The highest BCUT2D eigenvalue weighted by Gasteiger charge is 2.11. The van der Waals surface area contributed by atoms with Gasteiger partial charge in [0.25, 0.3) is 0 Å². The second kappa shape index (κ2) is 6.93. The van der Waals surface area contributed by atoms with Gasteiger partial charge in [0.05, 0.1) is 13.5 Å². The topological polar surface area (TPSA) is 38.3 Å². The molecule has 110 valence electrons. The van der Waals surface area contributed by atoms with Crippen molar-refractivity contribution in [3.63, 3.8) is 0 Å². The molecule has 2 aromatic rings. The Balaban J connectivity index is 2.16. The molecule has 21 heavy (non-hydrogen) atoms. The second-order valence-corrected chi connectivity index (χ2v) is 5.00. The summed E-state index contributed by atoms with van der Waals surface area (Å²) in [6.07, 6.45) is 1.20. The van der Waals surface area contributed by atoms with Crippen LogP contribution in [-0.2, 0) is 17.6 Å². The number of para-hydroxylation sites is 2. The largest absolute Gasteiger partial charge is 0.496 e. The van der Waals surface area contributed by atoms with Crippen LogP contribution in [0, 0.1) is 6.92 Å². The second-order valence-electron chi connectivity index (χ2n) is 5.00. The molecule has 0 unspecified atom stereocenters. The van der Waals surface area contributed by atoms with Crippen LogP contribution in [0.3, 0.4) is 0 Å². The third-order valence-electron chi connectivity index (χ3n) is 3.55. The van der Waals surface area contributed by atoms with E-state index in [2.05, 4.69) is 12.2 Å². The summed E-state index contributed by atoms with van der Waals surface area (Å²) in [5.41, 5.74) is 4.06. The molecular weight excluding hydrogens is 262 g/mol. The Morgan fingerprint density at radius 3 is 2.52 bits per heavy atom. The zero-order valence-electron chi connectivity index (χ0n) is 12.8. The summed E-state index contributed by atoms with van der Waals surface area (Å²) >= 11 is 0. The van der Waals surface area contributed by atoms with Gasteiger partial charge >= 0.3 is 0 Å². The maximum Gasteiger partial charge on any atom is 0.228 e. The van der Waals surface area contributed by atoms with Crippen molar-refractivity contribution in [1.82, 2.24) is 0 Å². The van der Waals surface area contributed by atoms with Crippen LogP contribution in [0.1, 0.15) is 23.6 Å². The lowest BCUT2D eigenvalue weighted by Crippen LogP contribution is -2.16. The fourth-order valence-corrected chi connectivity index (χ4v) is 2.41. The number of amides is 1. The van der Waals surface area contributed by atoms with Crippen molar-refractivity contribution in [2.24, 2.45) is 0 Å². The number of anilines is 1. The predicted molar refractivity (Wildman–Crippen MR) is 85.9 cm³/mol. The van der Waals surface area contributed by atoms with Crippen molar-refractivity contribution >= 4 is 11.6 Å². The minimum atomic E-state index is -0.0245. The van der Waals surface area contributed by atoms with Crippen LogP contribution in [0.2, 0.25) is 0 Å². The number of nitrogens with one attached hydrogen (secondary N) is 1. The van der Waals surface area contributed by atoms with Gasteiger partial charge in [0.2, 0.25) is 5.91 Å². The molecule has 3 nitrogen and oxygen atoms in total. The molecule has 0 heterocycles. The zero-order valence-corrected chi connectivity index (χ0v) is 12.8. The van der Waals surface area contributed by atoms with Gasteiger partial charge in [0.1, 0.15) is 5.75 Å². The lowest BCUT2D eigenvalue weighted by molar-refractivity contribution is -0.115. The SMILES string of the molecule is CCc1cccc(C)c1NC(=O)Cc1ccccc1OC. The standard InChI is InChI=1S/C18H21NO2/c1-4-14-10-7-8-13(2)18(14)19-17(20)12-15-9-5-6-11-16(15)21-3/h5-11H,4,12H2,1-3H3,(H,19,20). The Morgan fingerprint density at radius 1 is 1.10 bits per heavy atom. The minimum Gasteiger partial charge on any atom is -0.496 e. The van der Waals surface area contributed by atoms with E-state index < -0.39 is 0 Å². The van der Waals surface area contributed by atoms with Gasteiger partial charge in [0.15, 0.2) is 0 Å².